The van der Waals surface area contributed by atoms with Gasteiger partial charge in [-0.1, -0.05) is 38.7 Å². The van der Waals surface area contributed by atoms with Crippen molar-refractivity contribution in [3.8, 4) is 0 Å². The number of halogens is 3. The Hall–Kier alpha value is -0.470. The second kappa shape index (κ2) is 7.69. The lowest BCUT2D eigenvalue weighted by Crippen LogP contribution is -2.25. The summed E-state index contributed by atoms with van der Waals surface area (Å²) in [4.78, 5) is 0. The Kier molecular flexibility index (Phi) is 6.19. The lowest BCUT2D eigenvalue weighted by atomic mass is 9.69. The molecule has 0 aliphatic heterocycles. The average molecular weight is 302 g/mol. The van der Waals surface area contributed by atoms with Gasteiger partial charge in [-0.3, -0.25) is 0 Å². The van der Waals surface area contributed by atoms with Gasteiger partial charge < -0.3 is 0 Å². The highest BCUT2D eigenvalue weighted by atomic mass is 19.4. The molecule has 0 unspecified atom stereocenters. The predicted octanol–water partition coefficient (Wildman–Crippen LogP) is 6.52. The van der Waals surface area contributed by atoms with Crippen LogP contribution in [0.15, 0.2) is 12.2 Å². The summed E-state index contributed by atoms with van der Waals surface area (Å²) in [5, 5.41) is 0. The molecule has 0 heterocycles. The van der Waals surface area contributed by atoms with Crippen molar-refractivity contribution >= 4 is 0 Å². The molecule has 0 bridgehead atoms. The van der Waals surface area contributed by atoms with Crippen molar-refractivity contribution in [2.45, 2.75) is 77.3 Å². The quantitative estimate of drug-likeness (QED) is 0.519. The normalized spacial score (nSPS) is 35.2. The van der Waals surface area contributed by atoms with Gasteiger partial charge in [0.1, 0.15) is 0 Å². The summed E-state index contributed by atoms with van der Waals surface area (Å²) in [6.07, 6.45) is 10.0. The van der Waals surface area contributed by atoms with Crippen molar-refractivity contribution in [2.24, 2.45) is 23.7 Å². The van der Waals surface area contributed by atoms with E-state index in [4.69, 9.17) is 0 Å². The minimum absolute atomic E-state index is 0.152. The zero-order valence-corrected chi connectivity index (χ0v) is 13.2. The molecule has 0 radical (unpaired) electrons. The van der Waals surface area contributed by atoms with Crippen LogP contribution in [-0.2, 0) is 0 Å². The van der Waals surface area contributed by atoms with Crippen LogP contribution >= 0.6 is 0 Å². The minimum Gasteiger partial charge on any atom is -0.167 e. The van der Waals surface area contributed by atoms with E-state index in [0.717, 1.165) is 43.4 Å². The van der Waals surface area contributed by atoms with Crippen LogP contribution in [0.1, 0.15) is 71.1 Å². The van der Waals surface area contributed by atoms with Crippen LogP contribution in [0.25, 0.3) is 0 Å². The van der Waals surface area contributed by atoms with Gasteiger partial charge in [0, 0.05) is 6.08 Å². The predicted molar refractivity (Wildman–Crippen MR) is 81.0 cm³/mol. The van der Waals surface area contributed by atoms with E-state index in [1.165, 1.54) is 44.6 Å². The van der Waals surface area contributed by atoms with Gasteiger partial charge in [0.15, 0.2) is 0 Å². The van der Waals surface area contributed by atoms with Crippen molar-refractivity contribution in [1.82, 2.24) is 0 Å². The van der Waals surface area contributed by atoms with Crippen LogP contribution in [0.2, 0.25) is 0 Å². The van der Waals surface area contributed by atoms with Crippen molar-refractivity contribution in [3.63, 3.8) is 0 Å². The zero-order valence-electron chi connectivity index (χ0n) is 13.2. The number of allylic oxidation sites excluding steroid dienone is 2. The molecule has 0 spiro atoms. The van der Waals surface area contributed by atoms with Crippen molar-refractivity contribution in [2.75, 3.05) is 0 Å². The number of hydrogen-bond donors (Lipinski definition) is 0. The van der Waals surface area contributed by atoms with Gasteiger partial charge >= 0.3 is 6.18 Å². The van der Waals surface area contributed by atoms with E-state index in [0.29, 0.717) is 6.08 Å². The molecule has 2 aliphatic carbocycles. The van der Waals surface area contributed by atoms with E-state index >= 15 is 0 Å². The molecule has 0 nitrogen and oxygen atoms in total. The fourth-order valence-corrected chi connectivity index (χ4v) is 4.41. The molecule has 3 heteroatoms. The molecule has 0 N–H and O–H groups in total. The Bertz CT molecular complexity index is 316. The van der Waals surface area contributed by atoms with E-state index in [2.05, 4.69) is 6.92 Å². The highest BCUT2D eigenvalue weighted by molar-refractivity contribution is 4.96. The molecule has 0 aromatic heterocycles. The maximum atomic E-state index is 12.2. The summed E-state index contributed by atoms with van der Waals surface area (Å²) in [5.74, 6) is 2.73. The van der Waals surface area contributed by atoms with Gasteiger partial charge in [-0.05, 0) is 62.2 Å². The first-order valence-electron chi connectivity index (χ1n) is 8.74. The largest absolute Gasteiger partial charge is 0.409 e. The molecular formula is C18H29F3. The molecule has 2 aliphatic rings. The maximum Gasteiger partial charge on any atom is 0.409 e. The van der Waals surface area contributed by atoms with Crippen molar-refractivity contribution < 1.29 is 13.2 Å². The molecule has 0 aromatic carbocycles. The third-order valence-electron chi connectivity index (χ3n) is 5.63. The molecule has 0 aromatic rings. The number of hydrogen-bond acceptors (Lipinski definition) is 0. The van der Waals surface area contributed by atoms with Crippen molar-refractivity contribution in [1.29, 1.82) is 0 Å². The van der Waals surface area contributed by atoms with Gasteiger partial charge in [0.2, 0.25) is 0 Å². The Morgan fingerprint density at radius 2 is 1.38 bits per heavy atom. The average Bonchev–Trinajstić information content (AvgIpc) is 2.46. The van der Waals surface area contributed by atoms with Gasteiger partial charge in [-0.15, -0.1) is 0 Å². The lowest BCUT2D eigenvalue weighted by Gasteiger charge is -2.37. The number of rotatable bonds is 4. The van der Waals surface area contributed by atoms with E-state index in [9.17, 15) is 13.2 Å². The third-order valence-corrected chi connectivity index (χ3v) is 5.63. The Balaban J connectivity index is 1.71. The molecule has 122 valence electrons. The second-order valence-corrected chi connectivity index (χ2v) is 7.15. The summed E-state index contributed by atoms with van der Waals surface area (Å²) in [6.45, 7) is 2.27. The monoisotopic (exact) mass is 302 g/mol. The van der Waals surface area contributed by atoms with Crippen LogP contribution < -0.4 is 0 Å². The zero-order chi connectivity index (χ0) is 15.3. The van der Waals surface area contributed by atoms with Crippen LogP contribution in [0, 0.1) is 23.7 Å². The van der Waals surface area contributed by atoms with Crippen molar-refractivity contribution in [3.05, 3.63) is 12.2 Å². The van der Waals surface area contributed by atoms with Crippen LogP contribution in [0.4, 0.5) is 13.2 Å². The lowest BCUT2D eigenvalue weighted by molar-refractivity contribution is -0.0803. The van der Waals surface area contributed by atoms with E-state index in [1.54, 1.807) is 0 Å². The molecular weight excluding hydrogens is 273 g/mol. The van der Waals surface area contributed by atoms with Crippen LogP contribution in [0.5, 0.6) is 0 Å². The molecule has 0 amide bonds. The van der Waals surface area contributed by atoms with Gasteiger partial charge in [0.05, 0.1) is 0 Å². The van der Waals surface area contributed by atoms with E-state index in [1.807, 2.05) is 0 Å². The summed E-state index contributed by atoms with van der Waals surface area (Å²) in [6, 6.07) is 0. The molecule has 21 heavy (non-hydrogen) atoms. The van der Waals surface area contributed by atoms with E-state index in [-0.39, 0.29) is 5.92 Å². The maximum absolute atomic E-state index is 12.2. The first-order chi connectivity index (χ1) is 9.98. The fourth-order valence-electron chi connectivity index (χ4n) is 4.41. The Morgan fingerprint density at radius 3 is 1.86 bits per heavy atom. The Morgan fingerprint density at radius 1 is 0.857 bits per heavy atom. The smallest absolute Gasteiger partial charge is 0.167 e. The molecule has 2 fully saturated rings. The highest BCUT2D eigenvalue weighted by Gasteiger charge is 2.30. The van der Waals surface area contributed by atoms with Crippen LogP contribution in [0.3, 0.4) is 0 Å². The first-order valence-corrected chi connectivity index (χ1v) is 8.74. The summed E-state index contributed by atoms with van der Waals surface area (Å²) in [5.41, 5.74) is 0. The fraction of sp³-hybridized carbons (Fsp3) is 0.889. The molecule has 0 saturated heterocycles. The summed E-state index contributed by atoms with van der Waals surface area (Å²) in [7, 11) is 0. The highest BCUT2D eigenvalue weighted by Crippen LogP contribution is 2.42. The van der Waals surface area contributed by atoms with Crippen LogP contribution in [-0.4, -0.2) is 6.18 Å². The third kappa shape index (κ3) is 5.67. The molecule has 2 rings (SSSR count). The minimum atomic E-state index is -4.14. The summed E-state index contributed by atoms with van der Waals surface area (Å²) < 4.78 is 36.6. The molecule has 0 atom stereocenters. The molecule has 2 saturated carbocycles. The topological polar surface area (TPSA) is 0 Å². The first kappa shape index (κ1) is 16.9. The van der Waals surface area contributed by atoms with E-state index < -0.39 is 6.18 Å². The SMILES string of the molecule is CCCC1CCC(C2CCC(/C=C/C(F)(F)F)CC2)CC1. The standard InChI is InChI=1S/C18H29F3/c1-2-3-14-4-8-16(9-5-14)17-10-6-15(7-11-17)12-13-18(19,20)21/h12-17H,2-11H2,1H3/b13-12+. The van der Waals surface area contributed by atoms with Gasteiger partial charge in [-0.2, -0.15) is 13.2 Å². The second-order valence-electron chi connectivity index (χ2n) is 7.15. The number of alkyl halides is 3. The van der Waals surface area contributed by atoms with Gasteiger partial charge in [-0.25, -0.2) is 0 Å². The Labute approximate surface area is 127 Å². The van der Waals surface area contributed by atoms with Gasteiger partial charge in [0.25, 0.3) is 0 Å². The summed E-state index contributed by atoms with van der Waals surface area (Å²) >= 11 is 0.